The van der Waals surface area contributed by atoms with Crippen LogP contribution in [0.3, 0.4) is 0 Å². The molecule has 4 nitrogen and oxygen atoms in total. The molecule has 1 heterocycles. The van der Waals surface area contributed by atoms with Gasteiger partial charge in [-0.05, 0) is 24.3 Å². The largest absolute Gasteiger partial charge is 0.496 e. The Bertz CT molecular complexity index is 537. The second-order valence-corrected chi connectivity index (χ2v) is 4.08. The van der Waals surface area contributed by atoms with Crippen LogP contribution in [-0.2, 0) is 13.7 Å². The number of halogens is 1. The van der Waals surface area contributed by atoms with E-state index in [2.05, 4.69) is 5.10 Å². The van der Waals surface area contributed by atoms with Crippen molar-refractivity contribution in [1.82, 2.24) is 9.78 Å². The summed E-state index contributed by atoms with van der Waals surface area (Å²) in [5.41, 5.74) is 2.36. The molecule has 0 radical (unpaired) electrons. The lowest BCUT2D eigenvalue weighted by Gasteiger charge is -2.06. The summed E-state index contributed by atoms with van der Waals surface area (Å²) in [4.78, 5) is 0. The molecule has 0 saturated carbocycles. The van der Waals surface area contributed by atoms with Crippen LogP contribution in [0.5, 0.6) is 5.75 Å². The summed E-state index contributed by atoms with van der Waals surface area (Å²) in [6, 6.07) is 7.20. The molecule has 1 aromatic carbocycles. The summed E-state index contributed by atoms with van der Waals surface area (Å²) in [6.45, 7) is -0.0423. The second kappa shape index (κ2) is 4.77. The zero-order chi connectivity index (χ0) is 12.4. The summed E-state index contributed by atoms with van der Waals surface area (Å²) in [5, 5.41) is 14.1. The van der Waals surface area contributed by atoms with E-state index in [1.807, 2.05) is 12.1 Å². The van der Waals surface area contributed by atoms with E-state index in [1.165, 1.54) is 0 Å². The van der Waals surface area contributed by atoms with Crippen LogP contribution in [0.2, 0.25) is 5.02 Å². The van der Waals surface area contributed by atoms with Gasteiger partial charge in [0.2, 0.25) is 0 Å². The molecule has 0 amide bonds. The molecule has 0 spiro atoms. The van der Waals surface area contributed by atoms with Crippen molar-refractivity contribution in [3.05, 3.63) is 35.0 Å². The quantitative estimate of drug-likeness (QED) is 0.911. The number of aromatic nitrogens is 2. The van der Waals surface area contributed by atoms with Crippen LogP contribution in [0, 0.1) is 0 Å². The minimum absolute atomic E-state index is 0.0423. The molecule has 0 aliphatic rings. The van der Waals surface area contributed by atoms with E-state index in [4.69, 9.17) is 21.4 Å². The number of nitrogens with zero attached hydrogens (tertiary/aromatic N) is 2. The third-order valence-electron chi connectivity index (χ3n) is 2.58. The van der Waals surface area contributed by atoms with Gasteiger partial charge in [-0.2, -0.15) is 5.10 Å². The lowest BCUT2D eigenvalue weighted by molar-refractivity contribution is 0.270. The lowest BCUT2D eigenvalue weighted by Crippen LogP contribution is -1.97. The molecule has 90 valence electrons. The van der Waals surface area contributed by atoms with Gasteiger partial charge in [0.1, 0.15) is 5.75 Å². The van der Waals surface area contributed by atoms with Crippen molar-refractivity contribution in [2.45, 2.75) is 6.61 Å². The summed E-state index contributed by atoms with van der Waals surface area (Å²) in [5.74, 6) is 0.667. The van der Waals surface area contributed by atoms with E-state index >= 15 is 0 Å². The Labute approximate surface area is 104 Å². The Morgan fingerprint density at radius 3 is 2.76 bits per heavy atom. The number of rotatable bonds is 3. The number of methoxy groups -OCH3 is 1. The third-order valence-corrected chi connectivity index (χ3v) is 2.81. The van der Waals surface area contributed by atoms with E-state index < -0.39 is 0 Å². The van der Waals surface area contributed by atoms with Gasteiger partial charge in [-0.25, -0.2) is 0 Å². The Hall–Kier alpha value is -1.52. The standard InChI is InChI=1S/C12H13ClN2O2/c1-15-9(7-16)6-11(14-15)10-4-3-8(13)5-12(10)17-2/h3-6,16H,7H2,1-2H3. The first-order chi connectivity index (χ1) is 8.15. The molecule has 2 rings (SSSR count). The number of benzene rings is 1. The maximum absolute atomic E-state index is 9.14. The predicted molar refractivity (Wildman–Crippen MR) is 66.1 cm³/mol. The van der Waals surface area contributed by atoms with E-state index in [0.29, 0.717) is 10.8 Å². The molecular weight excluding hydrogens is 240 g/mol. The maximum Gasteiger partial charge on any atom is 0.129 e. The van der Waals surface area contributed by atoms with Gasteiger partial charge >= 0.3 is 0 Å². The molecule has 0 aliphatic heterocycles. The van der Waals surface area contributed by atoms with Gasteiger partial charge in [-0.1, -0.05) is 11.6 Å². The van der Waals surface area contributed by atoms with Crippen molar-refractivity contribution in [2.75, 3.05) is 7.11 Å². The fraction of sp³-hybridized carbons (Fsp3) is 0.250. The molecule has 0 bridgehead atoms. The Morgan fingerprint density at radius 2 is 2.18 bits per heavy atom. The van der Waals surface area contributed by atoms with Gasteiger partial charge in [0.05, 0.1) is 25.1 Å². The highest BCUT2D eigenvalue weighted by molar-refractivity contribution is 6.30. The van der Waals surface area contributed by atoms with Crippen molar-refractivity contribution in [3.63, 3.8) is 0 Å². The van der Waals surface area contributed by atoms with Gasteiger partial charge in [0.25, 0.3) is 0 Å². The molecule has 1 N–H and O–H groups in total. The Kier molecular flexibility index (Phi) is 3.36. The van der Waals surface area contributed by atoms with Crippen LogP contribution in [0.15, 0.2) is 24.3 Å². The van der Waals surface area contributed by atoms with Crippen LogP contribution in [0.4, 0.5) is 0 Å². The monoisotopic (exact) mass is 252 g/mol. The first-order valence-corrected chi connectivity index (χ1v) is 5.51. The molecule has 0 unspecified atom stereocenters. The van der Waals surface area contributed by atoms with E-state index in [9.17, 15) is 0 Å². The number of aliphatic hydroxyl groups excluding tert-OH is 1. The van der Waals surface area contributed by atoms with Gasteiger partial charge in [0.15, 0.2) is 0 Å². The van der Waals surface area contributed by atoms with Crippen molar-refractivity contribution >= 4 is 11.6 Å². The number of ether oxygens (including phenoxy) is 1. The van der Waals surface area contributed by atoms with Crippen LogP contribution in [0.25, 0.3) is 11.3 Å². The third kappa shape index (κ3) is 2.28. The fourth-order valence-electron chi connectivity index (χ4n) is 1.66. The predicted octanol–water partition coefficient (Wildman–Crippen LogP) is 2.24. The first kappa shape index (κ1) is 12.0. The van der Waals surface area contributed by atoms with E-state index in [0.717, 1.165) is 17.0 Å². The second-order valence-electron chi connectivity index (χ2n) is 3.65. The molecule has 0 saturated heterocycles. The highest BCUT2D eigenvalue weighted by Crippen LogP contribution is 2.31. The highest BCUT2D eigenvalue weighted by Gasteiger charge is 2.11. The minimum atomic E-state index is -0.0423. The number of aryl methyl sites for hydroxylation is 1. The normalized spacial score (nSPS) is 10.6. The number of aliphatic hydroxyl groups is 1. The smallest absolute Gasteiger partial charge is 0.129 e. The van der Waals surface area contributed by atoms with Crippen molar-refractivity contribution in [1.29, 1.82) is 0 Å². The van der Waals surface area contributed by atoms with Crippen LogP contribution >= 0.6 is 11.6 Å². The molecular formula is C12H13ClN2O2. The maximum atomic E-state index is 9.14. The van der Waals surface area contributed by atoms with Gasteiger partial charge in [-0.15, -0.1) is 0 Å². The van der Waals surface area contributed by atoms with Gasteiger partial charge in [-0.3, -0.25) is 4.68 Å². The van der Waals surface area contributed by atoms with Gasteiger partial charge < -0.3 is 9.84 Å². The van der Waals surface area contributed by atoms with Crippen molar-refractivity contribution in [2.24, 2.45) is 7.05 Å². The molecule has 0 atom stereocenters. The molecule has 0 fully saturated rings. The zero-order valence-corrected chi connectivity index (χ0v) is 10.4. The Balaban J connectivity index is 2.51. The molecule has 0 aliphatic carbocycles. The number of hydrogen-bond acceptors (Lipinski definition) is 3. The molecule has 17 heavy (non-hydrogen) atoms. The number of hydrogen-bond donors (Lipinski definition) is 1. The van der Waals surface area contributed by atoms with Gasteiger partial charge in [0, 0.05) is 17.6 Å². The highest BCUT2D eigenvalue weighted by atomic mass is 35.5. The average Bonchev–Trinajstić information content (AvgIpc) is 2.70. The Morgan fingerprint density at radius 1 is 1.41 bits per heavy atom. The summed E-state index contributed by atoms with van der Waals surface area (Å²) in [6.07, 6.45) is 0. The van der Waals surface area contributed by atoms with E-state index in [-0.39, 0.29) is 6.61 Å². The average molecular weight is 253 g/mol. The SMILES string of the molecule is COc1cc(Cl)ccc1-c1cc(CO)n(C)n1. The molecule has 5 heteroatoms. The summed E-state index contributed by atoms with van der Waals surface area (Å²) < 4.78 is 6.91. The molecule has 2 aromatic rings. The summed E-state index contributed by atoms with van der Waals surface area (Å²) >= 11 is 5.90. The lowest BCUT2D eigenvalue weighted by atomic mass is 10.1. The minimum Gasteiger partial charge on any atom is -0.496 e. The van der Waals surface area contributed by atoms with Crippen molar-refractivity contribution < 1.29 is 9.84 Å². The fourth-order valence-corrected chi connectivity index (χ4v) is 1.82. The van der Waals surface area contributed by atoms with Crippen molar-refractivity contribution in [3.8, 4) is 17.0 Å². The molecule has 1 aromatic heterocycles. The topological polar surface area (TPSA) is 47.3 Å². The van der Waals surface area contributed by atoms with Crippen LogP contribution in [0.1, 0.15) is 5.69 Å². The zero-order valence-electron chi connectivity index (χ0n) is 9.64. The van der Waals surface area contributed by atoms with Crippen LogP contribution in [-0.4, -0.2) is 22.0 Å². The summed E-state index contributed by atoms with van der Waals surface area (Å²) in [7, 11) is 3.38. The first-order valence-electron chi connectivity index (χ1n) is 5.13. The van der Waals surface area contributed by atoms with Crippen LogP contribution < -0.4 is 4.74 Å². The van der Waals surface area contributed by atoms with E-state index in [1.54, 1.807) is 31.0 Å².